The molecule has 152 valence electrons. The maximum absolute atomic E-state index is 5.25. The Hall–Kier alpha value is -1.72. The van der Waals surface area contributed by atoms with Crippen molar-refractivity contribution in [1.29, 1.82) is 0 Å². The smallest absolute Gasteiger partial charge is 0.226 e. The summed E-state index contributed by atoms with van der Waals surface area (Å²) in [5, 5.41) is 18.6. The molecule has 9 nitrogen and oxygen atoms in total. The van der Waals surface area contributed by atoms with Crippen LogP contribution in [-0.4, -0.2) is 50.5 Å². The van der Waals surface area contributed by atoms with Crippen LogP contribution in [0.2, 0.25) is 0 Å². The van der Waals surface area contributed by atoms with Gasteiger partial charge in [0.15, 0.2) is 11.8 Å². The van der Waals surface area contributed by atoms with E-state index in [0.29, 0.717) is 12.4 Å². The average molecular weight is 490 g/mol. The Morgan fingerprint density at radius 3 is 2.78 bits per heavy atom. The van der Waals surface area contributed by atoms with Crippen LogP contribution in [0.25, 0.3) is 0 Å². The van der Waals surface area contributed by atoms with Crippen LogP contribution in [0.4, 0.5) is 0 Å². The van der Waals surface area contributed by atoms with E-state index in [9.17, 15) is 0 Å². The zero-order chi connectivity index (χ0) is 18.8. The molecule has 2 heterocycles. The molecule has 2 rings (SSSR count). The normalized spacial score (nSPS) is 11.5. The summed E-state index contributed by atoms with van der Waals surface area (Å²) in [5.74, 6) is 3.54. The second kappa shape index (κ2) is 12.6. The number of hydrogen-bond donors (Lipinski definition) is 2. The number of nitrogens with one attached hydrogen (secondary N) is 2. The minimum atomic E-state index is 0. The van der Waals surface area contributed by atoms with Gasteiger partial charge in [0.1, 0.15) is 12.2 Å². The van der Waals surface area contributed by atoms with Crippen LogP contribution in [0.5, 0.6) is 0 Å². The molecule has 2 aromatic rings. The Kier molecular flexibility index (Phi) is 10.9. The summed E-state index contributed by atoms with van der Waals surface area (Å²) >= 11 is 0. The minimum absolute atomic E-state index is 0. The van der Waals surface area contributed by atoms with Crippen LogP contribution in [0, 0.1) is 0 Å². The highest BCUT2D eigenvalue weighted by Gasteiger charge is 2.09. The fourth-order valence-corrected chi connectivity index (χ4v) is 2.40. The summed E-state index contributed by atoms with van der Waals surface area (Å²) in [6, 6.07) is 0. The number of guanidine groups is 1. The Labute approximate surface area is 177 Å². The highest BCUT2D eigenvalue weighted by molar-refractivity contribution is 14.0. The van der Waals surface area contributed by atoms with Gasteiger partial charge in [0, 0.05) is 44.9 Å². The van der Waals surface area contributed by atoms with E-state index in [0.717, 1.165) is 56.5 Å². The molecule has 0 radical (unpaired) electrons. The van der Waals surface area contributed by atoms with Crippen LogP contribution in [0.15, 0.2) is 15.8 Å². The standard InChI is InChI=1S/C17H30N8O.HI/c1-5-14-23-21-12-25(14)11-10-20-17(18-6-2)19-9-7-8-15-22-16(13(3)4)24-26-15;/h12-13H,5-11H2,1-4H3,(H2,18,19,20);1H. The molecule has 10 heteroatoms. The number of aliphatic imine (C=N–C) groups is 1. The molecule has 0 aromatic carbocycles. The van der Waals surface area contributed by atoms with E-state index < -0.39 is 0 Å². The molecule has 0 aliphatic heterocycles. The number of aromatic nitrogens is 5. The average Bonchev–Trinajstić information content (AvgIpc) is 3.27. The Balaban J connectivity index is 0.00000364. The van der Waals surface area contributed by atoms with Gasteiger partial charge in [-0.25, -0.2) is 0 Å². The first-order valence-electron chi connectivity index (χ1n) is 9.35. The lowest BCUT2D eigenvalue weighted by Crippen LogP contribution is -2.39. The molecular weight excluding hydrogens is 459 g/mol. The van der Waals surface area contributed by atoms with Crippen molar-refractivity contribution < 1.29 is 4.52 Å². The molecule has 0 amide bonds. The summed E-state index contributed by atoms with van der Waals surface area (Å²) in [6.45, 7) is 11.3. The molecular formula is C17H31IN8O. The van der Waals surface area contributed by atoms with Gasteiger partial charge >= 0.3 is 0 Å². The third kappa shape index (κ3) is 7.81. The monoisotopic (exact) mass is 490 g/mol. The molecule has 2 N–H and O–H groups in total. The van der Waals surface area contributed by atoms with Crippen molar-refractivity contribution in [3.05, 3.63) is 23.9 Å². The van der Waals surface area contributed by atoms with Gasteiger partial charge in [-0.3, -0.25) is 4.99 Å². The largest absolute Gasteiger partial charge is 0.357 e. The maximum atomic E-state index is 5.25. The highest BCUT2D eigenvalue weighted by atomic mass is 127. The third-order valence-electron chi connectivity index (χ3n) is 3.82. The van der Waals surface area contributed by atoms with E-state index in [4.69, 9.17) is 4.52 Å². The first-order chi connectivity index (χ1) is 12.6. The second-order valence-electron chi connectivity index (χ2n) is 6.29. The van der Waals surface area contributed by atoms with Gasteiger partial charge in [0.05, 0.1) is 0 Å². The van der Waals surface area contributed by atoms with Crippen LogP contribution in [0.3, 0.4) is 0 Å². The fraction of sp³-hybridized carbons (Fsp3) is 0.706. The Morgan fingerprint density at radius 2 is 2.11 bits per heavy atom. The number of rotatable bonds is 10. The first kappa shape index (κ1) is 23.3. The van der Waals surface area contributed by atoms with Crippen molar-refractivity contribution >= 4 is 29.9 Å². The van der Waals surface area contributed by atoms with Gasteiger partial charge in [0.2, 0.25) is 5.89 Å². The van der Waals surface area contributed by atoms with Crippen molar-refractivity contribution in [2.24, 2.45) is 4.99 Å². The summed E-state index contributed by atoms with van der Waals surface area (Å²) in [6.07, 6.45) is 4.24. The summed E-state index contributed by atoms with van der Waals surface area (Å²) < 4.78 is 7.31. The van der Waals surface area contributed by atoms with E-state index in [2.05, 4.69) is 68.2 Å². The van der Waals surface area contributed by atoms with Crippen molar-refractivity contribution in [2.45, 2.75) is 59.4 Å². The van der Waals surface area contributed by atoms with E-state index in [-0.39, 0.29) is 29.9 Å². The summed E-state index contributed by atoms with van der Waals surface area (Å²) in [7, 11) is 0. The molecule has 0 saturated heterocycles. The lowest BCUT2D eigenvalue weighted by atomic mass is 10.2. The predicted molar refractivity (Wildman–Crippen MR) is 116 cm³/mol. The van der Waals surface area contributed by atoms with E-state index in [1.165, 1.54) is 0 Å². The second-order valence-corrected chi connectivity index (χ2v) is 6.29. The van der Waals surface area contributed by atoms with Crippen LogP contribution in [-0.2, 0) is 19.4 Å². The molecule has 2 aromatic heterocycles. The lowest BCUT2D eigenvalue weighted by Gasteiger charge is -2.12. The van der Waals surface area contributed by atoms with Crippen molar-refractivity contribution in [2.75, 3.05) is 19.6 Å². The Bertz CT molecular complexity index is 682. The zero-order valence-corrected chi connectivity index (χ0v) is 18.9. The van der Waals surface area contributed by atoms with E-state index in [1.54, 1.807) is 6.33 Å². The molecule has 0 aliphatic rings. The van der Waals surface area contributed by atoms with Crippen molar-refractivity contribution in [3.63, 3.8) is 0 Å². The fourth-order valence-electron chi connectivity index (χ4n) is 2.40. The van der Waals surface area contributed by atoms with Gasteiger partial charge in [0.25, 0.3) is 0 Å². The Morgan fingerprint density at radius 1 is 1.30 bits per heavy atom. The number of aryl methyl sites for hydroxylation is 2. The first-order valence-corrected chi connectivity index (χ1v) is 9.35. The predicted octanol–water partition coefficient (Wildman–Crippen LogP) is 2.15. The van der Waals surface area contributed by atoms with Crippen molar-refractivity contribution in [3.8, 4) is 0 Å². The molecule has 0 atom stereocenters. The van der Waals surface area contributed by atoms with E-state index >= 15 is 0 Å². The SMILES string of the molecule is CCNC(=NCCCc1nc(C(C)C)no1)NCCn1cnnc1CC.I. The minimum Gasteiger partial charge on any atom is -0.357 e. The maximum Gasteiger partial charge on any atom is 0.226 e. The van der Waals surface area contributed by atoms with Crippen LogP contribution >= 0.6 is 24.0 Å². The number of nitrogens with zero attached hydrogens (tertiary/aromatic N) is 6. The molecule has 0 bridgehead atoms. The highest BCUT2D eigenvalue weighted by Crippen LogP contribution is 2.10. The number of halogens is 1. The van der Waals surface area contributed by atoms with Gasteiger partial charge in [-0.15, -0.1) is 34.2 Å². The molecule has 0 fully saturated rings. The zero-order valence-electron chi connectivity index (χ0n) is 16.6. The molecule has 27 heavy (non-hydrogen) atoms. The molecule has 0 unspecified atom stereocenters. The lowest BCUT2D eigenvalue weighted by molar-refractivity contribution is 0.369. The molecule has 0 saturated carbocycles. The summed E-state index contributed by atoms with van der Waals surface area (Å²) in [5.41, 5.74) is 0. The molecule has 0 spiro atoms. The molecule has 0 aliphatic carbocycles. The van der Waals surface area contributed by atoms with Crippen LogP contribution < -0.4 is 10.6 Å². The van der Waals surface area contributed by atoms with E-state index in [1.807, 2.05) is 0 Å². The third-order valence-corrected chi connectivity index (χ3v) is 3.82. The van der Waals surface area contributed by atoms with Gasteiger partial charge in [-0.1, -0.05) is 25.9 Å². The van der Waals surface area contributed by atoms with Gasteiger partial charge in [-0.2, -0.15) is 4.98 Å². The topological polar surface area (TPSA) is 106 Å². The van der Waals surface area contributed by atoms with Gasteiger partial charge in [-0.05, 0) is 13.3 Å². The van der Waals surface area contributed by atoms with Crippen molar-refractivity contribution in [1.82, 2.24) is 35.5 Å². The van der Waals surface area contributed by atoms with Gasteiger partial charge < -0.3 is 19.7 Å². The summed E-state index contributed by atoms with van der Waals surface area (Å²) in [4.78, 5) is 8.98. The van der Waals surface area contributed by atoms with Crippen LogP contribution in [0.1, 0.15) is 57.6 Å². The quantitative estimate of drug-likeness (QED) is 0.228. The number of hydrogen-bond acceptors (Lipinski definition) is 6.